The number of benzene rings is 1. The fraction of sp³-hybridized carbons (Fsp3) is 0.333. The molecule has 6 heteroatoms. The molecule has 0 unspecified atom stereocenters. The molecule has 0 bridgehead atoms. The highest BCUT2D eigenvalue weighted by Crippen LogP contribution is 2.22. The molecule has 2 rings (SSSR count). The summed E-state index contributed by atoms with van der Waals surface area (Å²) in [6, 6.07) is 7.61. The number of hydrogen-bond donors (Lipinski definition) is 0. The fourth-order valence-corrected chi connectivity index (χ4v) is 2.46. The Labute approximate surface area is 140 Å². The van der Waals surface area contributed by atoms with Crippen molar-refractivity contribution < 1.29 is 9.59 Å². The average Bonchev–Trinajstić information content (AvgIpc) is 2.51. The second kappa shape index (κ2) is 6.78. The molecule has 6 nitrogen and oxygen atoms in total. The molecule has 1 aromatic heterocycles. The number of carbonyl (C=O) groups is 2. The van der Waals surface area contributed by atoms with Gasteiger partial charge in [-0.3, -0.25) is 14.4 Å². The Morgan fingerprint density at radius 2 is 1.79 bits per heavy atom. The van der Waals surface area contributed by atoms with Gasteiger partial charge in [0.2, 0.25) is 0 Å². The van der Waals surface area contributed by atoms with Gasteiger partial charge in [-0.2, -0.15) is 5.10 Å². The highest BCUT2D eigenvalue weighted by Gasteiger charge is 2.29. The molecule has 0 aliphatic rings. The fourth-order valence-electron chi connectivity index (χ4n) is 2.46. The van der Waals surface area contributed by atoms with Crippen molar-refractivity contribution in [2.75, 3.05) is 14.1 Å². The van der Waals surface area contributed by atoms with Crippen molar-refractivity contribution >= 4 is 11.7 Å². The molecule has 0 fully saturated rings. The lowest BCUT2D eigenvalue weighted by Crippen LogP contribution is -2.41. The van der Waals surface area contributed by atoms with E-state index in [1.54, 1.807) is 6.07 Å². The Balaban J connectivity index is 2.64. The van der Waals surface area contributed by atoms with E-state index in [2.05, 4.69) is 5.10 Å². The van der Waals surface area contributed by atoms with Crippen LogP contribution in [0.25, 0.3) is 11.3 Å². The maximum Gasteiger partial charge on any atom is 0.267 e. The molecule has 0 aliphatic carbocycles. The number of hydrogen-bond acceptors (Lipinski definition) is 4. The van der Waals surface area contributed by atoms with Gasteiger partial charge >= 0.3 is 0 Å². The summed E-state index contributed by atoms with van der Waals surface area (Å²) in [6.45, 7) is 5.19. The van der Waals surface area contributed by atoms with Crippen molar-refractivity contribution in [1.82, 2.24) is 14.7 Å². The van der Waals surface area contributed by atoms with E-state index in [9.17, 15) is 14.4 Å². The molecule has 0 spiro atoms. The molecule has 1 amide bonds. The summed E-state index contributed by atoms with van der Waals surface area (Å²) in [5.74, 6) is -0.906. The smallest absolute Gasteiger partial charge is 0.267 e. The third kappa shape index (κ3) is 3.42. The SMILES string of the molecule is CC(=O)[C@H](C(=O)N(C)C)n1nc(-c2cc(C)ccc2C)ccc1=O. The second-order valence-electron chi connectivity index (χ2n) is 6.07. The molecular formula is C18H21N3O3. The van der Waals surface area contributed by atoms with Crippen molar-refractivity contribution in [2.45, 2.75) is 26.8 Å². The highest BCUT2D eigenvalue weighted by atomic mass is 16.2. The van der Waals surface area contributed by atoms with E-state index >= 15 is 0 Å². The Bertz CT molecular complexity index is 853. The topological polar surface area (TPSA) is 72.3 Å². The lowest BCUT2D eigenvalue weighted by atomic mass is 10.0. The molecule has 1 aromatic carbocycles. The van der Waals surface area contributed by atoms with Gasteiger partial charge in [0, 0.05) is 25.7 Å². The number of Topliss-reactive ketones (excluding diaryl/α,β-unsaturated/α-hetero) is 1. The maximum atomic E-state index is 12.3. The van der Waals surface area contributed by atoms with Gasteiger partial charge in [-0.25, -0.2) is 4.68 Å². The highest BCUT2D eigenvalue weighted by molar-refractivity contribution is 6.02. The molecule has 1 heterocycles. The monoisotopic (exact) mass is 327 g/mol. The van der Waals surface area contributed by atoms with E-state index in [0.29, 0.717) is 5.69 Å². The zero-order chi connectivity index (χ0) is 18.0. The van der Waals surface area contributed by atoms with Crippen LogP contribution < -0.4 is 5.56 Å². The van der Waals surface area contributed by atoms with Crippen LogP contribution in [0.2, 0.25) is 0 Å². The molecule has 126 valence electrons. The summed E-state index contributed by atoms with van der Waals surface area (Å²) in [4.78, 5) is 37.8. The van der Waals surface area contributed by atoms with Gasteiger partial charge in [0.25, 0.3) is 11.5 Å². The van der Waals surface area contributed by atoms with Crippen molar-refractivity contribution in [3.8, 4) is 11.3 Å². The zero-order valence-corrected chi connectivity index (χ0v) is 14.5. The van der Waals surface area contributed by atoms with Crippen LogP contribution in [0.5, 0.6) is 0 Å². The van der Waals surface area contributed by atoms with E-state index in [1.165, 1.54) is 32.0 Å². The molecule has 2 aromatic rings. The van der Waals surface area contributed by atoms with Crippen LogP contribution in [-0.4, -0.2) is 40.5 Å². The first-order chi connectivity index (χ1) is 11.2. The molecule has 0 saturated carbocycles. The van der Waals surface area contributed by atoms with E-state index in [1.807, 2.05) is 32.0 Å². The molecule has 0 saturated heterocycles. The van der Waals surface area contributed by atoms with E-state index in [4.69, 9.17) is 0 Å². The Morgan fingerprint density at radius 1 is 1.12 bits per heavy atom. The quantitative estimate of drug-likeness (QED) is 0.802. The van der Waals surface area contributed by atoms with Crippen LogP contribution in [0.4, 0.5) is 0 Å². The number of aryl methyl sites for hydroxylation is 2. The number of carbonyl (C=O) groups excluding carboxylic acids is 2. The minimum atomic E-state index is -1.25. The second-order valence-corrected chi connectivity index (χ2v) is 6.07. The molecule has 0 radical (unpaired) electrons. The molecule has 0 N–H and O–H groups in total. The third-order valence-corrected chi connectivity index (χ3v) is 3.80. The summed E-state index contributed by atoms with van der Waals surface area (Å²) < 4.78 is 0.974. The van der Waals surface area contributed by atoms with Gasteiger partial charge < -0.3 is 4.90 Å². The van der Waals surface area contributed by atoms with Gasteiger partial charge in [0.1, 0.15) is 0 Å². The van der Waals surface area contributed by atoms with Gasteiger partial charge in [0.05, 0.1) is 5.69 Å². The summed E-state index contributed by atoms with van der Waals surface area (Å²) in [5.41, 5.74) is 2.98. The molecular weight excluding hydrogens is 306 g/mol. The minimum Gasteiger partial charge on any atom is -0.347 e. The predicted molar refractivity (Wildman–Crippen MR) is 91.8 cm³/mol. The summed E-state index contributed by atoms with van der Waals surface area (Å²) in [7, 11) is 3.08. The van der Waals surface area contributed by atoms with E-state index < -0.39 is 23.3 Å². The third-order valence-electron chi connectivity index (χ3n) is 3.80. The van der Waals surface area contributed by atoms with Crippen molar-refractivity contribution in [2.24, 2.45) is 0 Å². The normalized spacial score (nSPS) is 11.9. The number of nitrogens with zero attached hydrogens (tertiary/aromatic N) is 3. The van der Waals surface area contributed by atoms with Gasteiger partial charge in [0.15, 0.2) is 11.8 Å². The van der Waals surface area contributed by atoms with Gasteiger partial charge in [-0.05, 0) is 38.5 Å². The summed E-state index contributed by atoms with van der Waals surface area (Å²) in [5, 5.41) is 4.31. The van der Waals surface area contributed by atoms with E-state index in [-0.39, 0.29) is 0 Å². The minimum absolute atomic E-state index is 0.429. The average molecular weight is 327 g/mol. The molecule has 0 aliphatic heterocycles. The lowest BCUT2D eigenvalue weighted by molar-refractivity contribution is -0.138. The van der Waals surface area contributed by atoms with Crippen LogP contribution >= 0.6 is 0 Å². The lowest BCUT2D eigenvalue weighted by Gasteiger charge is -2.20. The summed E-state index contributed by atoms with van der Waals surface area (Å²) in [6.07, 6.45) is 0. The molecule has 24 heavy (non-hydrogen) atoms. The Hall–Kier alpha value is -2.76. The van der Waals surface area contributed by atoms with E-state index in [0.717, 1.165) is 21.4 Å². The van der Waals surface area contributed by atoms with Crippen LogP contribution in [0.3, 0.4) is 0 Å². The number of rotatable bonds is 4. The predicted octanol–water partition coefficient (Wildman–Crippen LogP) is 1.75. The van der Waals surface area contributed by atoms with Crippen LogP contribution in [0.15, 0.2) is 35.1 Å². The van der Waals surface area contributed by atoms with Crippen LogP contribution in [-0.2, 0) is 9.59 Å². The number of amides is 1. The largest absolute Gasteiger partial charge is 0.347 e. The first-order valence-electron chi connectivity index (χ1n) is 7.61. The number of ketones is 1. The zero-order valence-electron chi connectivity index (χ0n) is 14.5. The standard InChI is InChI=1S/C18H21N3O3/c1-11-6-7-12(2)14(10-11)15-8-9-16(23)21(19-15)17(13(3)22)18(24)20(4)5/h6-10,17H,1-5H3/t17-/m1/s1. The maximum absolute atomic E-state index is 12.3. The van der Waals surface area contributed by atoms with Crippen molar-refractivity contribution in [3.63, 3.8) is 0 Å². The van der Waals surface area contributed by atoms with Crippen molar-refractivity contribution in [1.29, 1.82) is 0 Å². The van der Waals surface area contributed by atoms with Gasteiger partial charge in [-0.1, -0.05) is 17.7 Å². The van der Waals surface area contributed by atoms with Crippen LogP contribution in [0, 0.1) is 13.8 Å². The Kier molecular flexibility index (Phi) is 4.97. The first-order valence-corrected chi connectivity index (χ1v) is 7.61. The number of aromatic nitrogens is 2. The molecule has 1 atom stereocenters. The van der Waals surface area contributed by atoms with Crippen LogP contribution in [0.1, 0.15) is 24.1 Å². The summed E-state index contributed by atoms with van der Waals surface area (Å²) >= 11 is 0. The number of likely N-dealkylation sites (N-methyl/N-ethyl adjacent to an activating group) is 1. The van der Waals surface area contributed by atoms with Crippen molar-refractivity contribution in [3.05, 3.63) is 51.8 Å². The first kappa shape index (κ1) is 17.6. The van der Waals surface area contributed by atoms with Gasteiger partial charge in [-0.15, -0.1) is 0 Å². The Morgan fingerprint density at radius 3 is 2.38 bits per heavy atom.